The van der Waals surface area contributed by atoms with Crippen molar-refractivity contribution in [1.82, 2.24) is 0 Å². The lowest BCUT2D eigenvalue weighted by atomic mass is 9.55. The molecule has 0 spiro atoms. The highest BCUT2D eigenvalue weighted by molar-refractivity contribution is 5.80. The summed E-state index contributed by atoms with van der Waals surface area (Å²) in [4.78, 5) is 24.2. The standard InChI is InChI=1S/C23H34O5.4CH4/c1-10(22(24)25)17(23(26)27)21-16-9-15(18-12-5-6-13(8-12)19(16)18)20(21)14-4-3-7-28-11(14)2;;;;/h10-21H,3-9H2,1-2H3,(H,24,25)(H,26,27);4*1H4. The number of carboxylic acid groups (broad SMARTS) is 2. The second-order valence-electron chi connectivity index (χ2n) is 10.6. The quantitative estimate of drug-likeness (QED) is 0.475. The van der Waals surface area contributed by atoms with E-state index in [-0.39, 0.29) is 41.7 Å². The number of rotatable bonds is 5. The van der Waals surface area contributed by atoms with Gasteiger partial charge in [0.05, 0.1) is 17.9 Å². The number of carboxylic acids is 2. The summed E-state index contributed by atoms with van der Waals surface area (Å²) in [6, 6.07) is 0. The zero-order chi connectivity index (χ0) is 19.7. The Morgan fingerprint density at radius 3 is 1.94 bits per heavy atom. The SMILES string of the molecule is C.C.C.C.CC1OCCCC1C1C2CC(C3C4CCC(C4)C23)C1C(C(=O)O)C(C)C(=O)O. The number of ether oxygens (including phenoxy) is 1. The van der Waals surface area contributed by atoms with Crippen molar-refractivity contribution in [2.45, 2.75) is 88.2 Å². The number of hydrogen-bond acceptors (Lipinski definition) is 3. The van der Waals surface area contributed by atoms with Gasteiger partial charge in [0.25, 0.3) is 0 Å². The monoisotopic (exact) mass is 454 g/mol. The van der Waals surface area contributed by atoms with Crippen LogP contribution >= 0.6 is 0 Å². The van der Waals surface area contributed by atoms with Crippen molar-refractivity contribution in [3.8, 4) is 0 Å². The number of hydrogen-bond donors (Lipinski definition) is 2. The molecule has 12 unspecified atom stereocenters. The van der Waals surface area contributed by atoms with Crippen LogP contribution in [0.4, 0.5) is 0 Å². The van der Waals surface area contributed by atoms with Gasteiger partial charge in [0, 0.05) is 6.61 Å². The highest BCUT2D eigenvalue weighted by atomic mass is 16.5. The van der Waals surface area contributed by atoms with Crippen molar-refractivity contribution < 1.29 is 24.5 Å². The van der Waals surface area contributed by atoms with Crippen LogP contribution in [0.2, 0.25) is 0 Å². The van der Waals surface area contributed by atoms with E-state index in [1.54, 1.807) is 6.92 Å². The molecule has 5 rings (SSSR count). The summed E-state index contributed by atoms with van der Waals surface area (Å²) in [5.41, 5.74) is 0. The third-order valence-electron chi connectivity index (χ3n) is 9.80. The zero-order valence-electron chi connectivity index (χ0n) is 17.0. The minimum atomic E-state index is -0.966. The fourth-order valence-corrected chi connectivity index (χ4v) is 9.10. The van der Waals surface area contributed by atoms with Crippen LogP contribution in [-0.2, 0) is 14.3 Å². The van der Waals surface area contributed by atoms with Gasteiger partial charge in [-0.1, -0.05) is 36.6 Å². The zero-order valence-corrected chi connectivity index (χ0v) is 17.0. The molecule has 5 nitrogen and oxygen atoms in total. The van der Waals surface area contributed by atoms with Gasteiger partial charge in [-0.05, 0) is 98.7 Å². The van der Waals surface area contributed by atoms with Crippen LogP contribution in [0.25, 0.3) is 0 Å². The van der Waals surface area contributed by atoms with Crippen molar-refractivity contribution in [1.29, 1.82) is 0 Å². The van der Waals surface area contributed by atoms with Gasteiger partial charge in [0.1, 0.15) is 0 Å². The molecule has 1 saturated heterocycles. The van der Waals surface area contributed by atoms with Crippen molar-refractivity contribution in [2.24, 2.45) is 65.1 Å². The second kappa shape index (κ2) is 10.4. The van der Waals surface area contributed by atoms with Gasteiger partial charge >= 0.3 is 11.9 Å². The molecule has 32 heavy (non-hydrogen) atoms. The van der Waals surface area contributed by atoms with Crippen LogP contribution < -0.4 is 0 Å². The summed E-state index contributed by atoms with van der Waals surface area (Å²) in [6.07, 6.45) is 7.44. The smallest absolute Gasteiger partial charge is 0.307 e. The van der Waals surface area contributed by atoms with Crippen LogP contribution in [0.5, 0.6) is 0 Å². The molecule has 5 aliphatic rings. The predicted octanol–water partition coefficient (Wildman–Crippen LogP) is 6.31. The van der Waals surface area contributed by atoms with E-state index >= 15 is 0 Å². The lowest BCUT2D eigenvalue weighted by molar-refractivity contribution is -0.161. The van der Waals surface area contributed by atoms with Crippen LogP contribution in [0.1, 0.15) is 82.1 Å². The van der Waals surface area contributed by atoms with E-state index in [0.717, 1.165) is 43.6 Å². The second-order valence-corrected chi connectivity index (χ2v) is 10.6. The van der Waals surface area contributed by atoms with Gasteiger partial charge < -0.3 is 14.9 Å². The Morgan fingerprint density at radius 1 is 0.812 bits per heavy atom. The first-order chi connectivity index (χ1) is 13.4. The highest BCUT2D eigenvalue weighted by Gasteiger charge is 2.68. The van der Waals surface area contributed by atoms with Crippen molar-refractivity contribution in [3.63, 3.8) is 0 Å². The average molecular weight is 455 g/mol. The third-order valence-corrected chi connectivity index (χ3v) is 9.80. The molecule has 5 fully saturated rings. The maximum atomic E-state index is 12.4. The Kier molecular flexibility index (Phi) is 9.44. The molecule has 188 valence electrons. The molecular weight excluding hydrogens is 404 g/mol. The van der Waals surface area contributed by atoms with Crippen LogP contribution in [0.15, 0.2) is 0 Å². The fraction of sp³-hybridized carbons (Fsp3) is 0.926. The molecule has 2 N–H and O–H groups in total. The van der Waals surface area contributed by atoms with Crippen LogP contribution in [0, 0.1) is 65.1 Å². The van der Waals surface area contributed by atoms with Crippen LogP contribution in [0.3, 0.4) is 0 Å². The van der Waals surface area contributed by atoms with E-state index in [1.807, 2.05) is 0 Å². The first-order valence-electron chi connectivity index (χ1n) is 11.5. The lowest BCUT2D eigenvalue weighted by Gasteiger charge is -2.50. The molecule has 0 radical (unpaired) electrons. The molecule has 0 aromatic rings. The van der Waals surface area contributed by atoms with E-state index in [0.29, 0.717) is 29.6 Å². The molecule has 1 heterocycles. The molecule has 5 heteroatoms. The van der Waals surface area contributed by atoms with Crippen molar-refractivity contribution in [2.75, 3.05) is 6.61 Å². The highest BCUT2D eigenvalue weighted by Crippen LogP contribution is 2.73. The van der Waals surface area contributed by atoms with E-state index < -0.39 is 23.8 Å². The Hall–Kier alpha value is -1.10. The van der Waals surface area contributed by atoms with Gasteiger partial charge in [-0.3, -0.25) is 9.59 Å². The maximum absolute atomic E-state index is 12.4. The summed E-state index contributed by atoms with van der Waals surface area (Å²) in [5.74, 6) is 1.28. The van der Waals surface area contributed by atoms with Crippen molar-refractivity contribution in [3.05, 3.63) is 0 Å². The summed E-state index contributed by atoms with van der Waals surface area (Å²) >= 11 is 0. The van der Waals surface area contributed by atoms with Gasteiger partial charge in [-0.2, -0.15) is 0 Å². The number of carbonyl (C=O) groups is 2. The predicted molar refractivity (Wildman–Crippen MR) is 129 cm³/mol. The molecule has 0 amide bonds. The first-order valence-corrected chi connectivity index (χ1v) is 11.5. The van der Waals surface area contributed by atoms with E-state index in [1.165, 1.54) is 19.3 Å². The van der Waals surface area contributed by atoms with Gasteiger partial charge in [0.15, 0.2) is 0 Å². The summed E-state index contributed by atoms with van der Waals surface area (Å²) in [5, 5.41) is 19.8. The topological polar surface area (TPSA) is 83.8 Å². The normalized spacial score (nSPS) is 44.7. The summed E-state index contributed by atoms with van der Waals surface area (Å²) in [6.45, 7) is 4.57. The largest absolute Gasteiger partial charge is 0.481 e. The Morgan fingerprint density at radius 2 is 1.41 bits per heavy atom. The van der Waals surface area contributed by atoms with E-state index in [9.17, 15) is 19.8 Å². The Balaban J connectivity index is 0.00000128. The van der Waals surface area contributed by atoms with Gasteiger partial charge in [0.2, 0.25) is 0 Å². The molecule has 12 atom stereocenters. The number of aliphatic carboxylic acids is 2. The van der Waals surface area contributed by atoms with Gasteiger partial charge in [-0.15, -0.1) is 0 Å². The fourth-order valence-electron chi connectivity index (χ4n) is 9.10. The maximum Gasteiger partial charge on any atom is 0.307 e. The molecule has 4 saturated carbocycles. The first kappa shape index (κ1) is 28.9. The molecule has 4 bridgehead atoms. The molecule has 4 aliphatic carbocycles. The third kappa shape index (κ3) is 4.01. The minimum absolute atomic E-state index is 0. The minimum Gasteiger partial charge on any atom is -0.481 e. The van der Waals surface area contributed by atoms with Gasteiger partial charge in [-0.25, -0.2) is 0 Å². The lowest BCUT2D eigenvalue weighted by Crippen LogP contribution is -2.50. The van der Waals surface area contributed by atoms with Crippen molar-refractivity contribution >= 4 is 11.9 Å². The summed E-state index contributed by atoms with van der Waals surface area (Å²) < 4.78 is 6.02. The Bertz CT molecular complexity index is 662. The molecule has 0 aromatic carbocycles. The molecule has 0 aromatic heterocycles. The molecule has 1 aliphatic heterocycles. The summed E-state index contributed by atoms with van der Waals surface area (Å²) in [7, 11) is 0. The van der Waals surface area contributed by atoms with E-state index in [4.69, 9.17) is 4.74 Å². The number of fused-ring (bicyclic) bond motifs is 9. The Labute approximate surface area is 196 Å². The van der Waals surface area contributed by atoms with E-state index in [2.05, 4.69) is 6.92 Å². The average Bonchev–Trinajstić information content (AvgIpc) is 3.40. The van der Waals surface area contributed by atoms with Crippen LogP contribution in [-0.4, -0.2) is 34.9 Å². The molecular formula is C27H50O5.